The summed E-state index contributed by atoms with van der Waals surface area (Å²) >= 11 is 1.64. The number of anilines is 1. The topological polar surface area (TPSA) is 50.4 Å². The molecule has 1 aromatic carbocycles. The van der Waals surface area contributed by atoms with Crippen LogP contribution in [0.5, 0.6) is 5.75 Å². The summed E-state index contributed by atoms with van der Waals surface area (Å²) in [5, 5.41) is 8.21. The van der Waals surface area contributed by atoms with E-state index in [0.717, 1.165) is 16.3 Å². The summed E-state index contributed by atoms with van der Waals surface area (Å²) in [6, 6.07) is 11.7. The number of hydrogen-bond acceptors (Lipinski definition) is 4. The first kappa shape index (κ1) is 13.0. The van der Waals surface area contributed by atoms with Gasteiger partial charge in [-0.1, -0.05) is 18.2 Å². The third-order valence-electron chi connectivity index (χ3n) is 3.26. The highest BCUT2D eigenvalue weighted by Crippen LogP contribution is 2.28. The van der Waals surface area contributed by atoms with Crippen LogP contribution < -0.4 is 15.4 Å². The number of carbonyl (C=O) groups is 1. The lowest BCUT2D eigenvalue weighted by molar-refractivity contribution is -0.128. The molecule has 1 aromatic heterocycles. The zero-order valence-corrected chi connectivity index (χ0v) is 11.9. The van der Waals surface area contributed by atoms with E-state index in [1.54, 1.807) is 11.3 Å². The molecule has 0 bridgehead atoms. The molecule has 104 valence electrons. The van der Waals surface area contributed by atoms with E-state index in [1.807, 2.05) is 48.7 Å². The van der Waals surface area contributed by atoms with Crippen LogP contribution in [0.25, 0.3) is 0 Å². The normalized spacial score (nSPS) is 18.4. The predicted octanol–water partition coefficient (Wildman–Crippen LogP) is 2.80. The lowest BCUT2D eigenvalue weighted by Gasteiger charge is -2.27. The van der Waals surface area contributed by atoms with E-state index in [2.05, 4.69) is 10.6 Å². The molecule has 0 aliphatic carbocycles. The van der Waals surface area contributed by atoms with Crippen molar-refractivity contribution in [3.8, 4) is 5.75 Å². The van der Waals surface area contributed by atoms with Gasteiger partial charge in [0.05, 0.1) is 18.3 Å². The maximum absolute atomic E-state index is 12.2. The SMILES string of the molecule is CC(NC(=O)C1CNc2ccccc2O1)c1cccs1. The second kappa shape index (κ2) is 5.54. The molecule has 2 unspecified atom stereocenters. The molecule has 2 aromatic rings. The Morgan fingerprint density at radius 2 is 2.25 bits per heavy atom. The van der Waals surface area contributed by atoms with Crippen molar-refractivity contribution in [2.24, 2.45) is 0 Å². The van der Waals surface area contributed by atoms with Crippen molar-refractivity contribution in [1.82, 2.24) is 5.32 Å². The van der Waals surface area contributed by atoms with Gasteiger partial charge in [0.2, 0.25) is 0 Å². The van der Waals surface area contributed by atoms with E-state index in [1.165, 1.54) is 0 Å². The lowest BCUT2D eigenvalue weighted by Crippen LogP contribution is -2.45. The van der Waals surface area contributed by atoms with Gasteiger partial charge in [0, 0.05) is 4.88 Å². The van der Waals surface area contributed by atoms with Gasteiger partial charge in [-0.05, 0) is 30.5 Å². The van der Waals surface area contributed by atoms with Crippen molar-refractivity contribution in [2.75, 3.05) is 11.9 Å². The van der Waals surface area contributed by atoms with E-state index in [4.69, 9.17) is 4.74 Å². The number of benzene rings is 1. The van der Waals surface area contributed by atoms with Crippen molar-refractivity contribution >= 4 is 22.9 Å². The van der Waals surface area contributed by atoms with Crippen LogP contribution >= 0.6 is 11.3 Å². The van der Waals surface area contributed by atoms with E-state index in [0.29, 0.717) is 6.54 Å². The zero-order chi connectivity index (χ0) is 13.9. The summed E-state index contributed by atoms with van der Waals surface area (Å²) in [7, 11) is 0. The molecule has 0 saturated heterocycles. The van der Waals surface area contributed by atoms with Crippen molar-refractivity contribution in [1.29, 1.82) is 0 Å². The Morgan fingerprint density at radius 1 is 1.40 bits per heavy atom. The number of nitrogens with one attached hydrogen (secondary N) is 2. The van der Waals surface area contributed by atoms with Crippen LogP contribution in [0.2, 0.25) is 0 Å². The molecule has 2 atom stereocenters. The van der Waals surface area contributed by atoms with Crippen LogP contribution in [-0.2, 0) is 4.79 Å². The largest absolute Gasteiger partial charge is 0.477 e. The Kier molecular flexibility index (Phi) is 3.60. The van der Waals surface area contributed by atoms with Crippen LogP contribution in [0.3, 0.4) is 0 Å². The number of rotatable bonds is 3. The van der Waals surface area contributed by atoms with Crippen LogP contribution in [0.4, 0.5) is 5.69 Å². The fourth-order valence-electron chi connectivity index (χ4n) is 2.17. The molecule has 1 aliphatic rings. The Hall–Kier alpha value is -2.01. The van der Waals surface area contributed by atoms with Crippen molar-refractivity contribution in [3.05, 3.63) is 46.7 Å². The molecule has 0 saturated carbocycles. The fourth-order valence-corrected chi connectivity index (χ4v) is 2.91. The van der Waals surface area contributed by atoms with E-state index in [9.17, 15) is 4.79 Å². The minimum atomic E-state index is -0.493. The van der Waals surface area contributed by atoms with Gasteiger partial charge in [0.15, 0.2) is 6.10 Å². The highest BCUT2D eigenvalue weighted by Gasteiger charge is 2.26. The number of fused-ring (bicyclic) bond motifs is 1. The molecule has 0 radical (unpaired) electrons. The molecule has 20 heavy (non-hydrogen) atoms. The molecule has 3 rings (SSSR count). The summed E-state index contributed by atoms with van der Waals surface area (Å²) in [6.07, 6.45) is -0.493. The molecular formula is C15H16N2O2S. The quantitative estimate of drug-likeness (QED) is 0.913. The minimum Gasteiger partial charge on any atom is -0.477 e. The molecular weight excluding hydrogens is 272 g/mol. The summed E-state index contributed by atoms with van der Waals surface area (Å²) in [4.78, 5) is 13.4. The summed E-state index contributed by atoms with van der Waals surface area (Å²) in [5.74, 6) is 0.635. The number of amides is 1. The standard InChI is InChI=1S/C15H16N2O2S/c1-10(14-7-4-8-20-14)17-15(18)13-9-16-11-5-2-3-6-12(11)19-13/h2-8,10,13,16H,9H2,1H3,(H,17,18). The molecule has 0 spiro atoms. The molecule has 1 aliphatic heterocycles. The van der Waals surface area contributed by atoms with Crippen LogP contribution in [0.15, 0.2) is 41.8 Å². The van der Waals surface area contributed by atoms with Gasteiger partial charge in [0.25, 0.3) is 5.91 Å². The van der Waals surface area contributed by atoms with E-state index in [-0.39, 0.29) is 11.9 Å². The monoisotopic (exact) mass is 288 g/mol. The Bertz CT molecular complexity index is 598. The molecule has 5 heteroatoms. The smallest absolute Gasteiger partial charge is 0.263 e. The summed E-state index contributed by atoms with van der Waals surface area (Å²) in [6.45, 7) is 2.47. The minimum absolute atomic E-state index is 0.00303. The first-order valence-electron chi connectivity index (χ1n) is 6.57. The van der Waals surface area contributed by atoms with Gasteiger partial charge in [-0.3, -0.25) is 4.79 Å². The maximum Gasteiger partial charge on any atom is 0.263 e. The van der Waals surface area contributed by atoms with E-state index >= 15 is 0 Å². The van der Waals surface area contributed by atoms with Crippen LogP contribution in [0.1, 0.15) is 17.8 Å². The molecule has 1 amide bonds. The van der Waals surface area contributed by atoms with Crippen molar-refractivity contribution in [2.45, 2.75) is 19.1 Å². The van der Waals surface area contributed by atoms with Gasteiger partial charge < -0.3 is 15.4 Å². The predicted molar refractivity (Wildman–Crippen MR) is 80.2 cm³/mol. The number of ether oxygens (including phenoxy) is 1. The number of carbonyl (C=O) groups excluding carboxylic acids is 1. The second-order valence-electron chi connectivity index (χ2n) is 4.73. The van der Waals surface area contributed by atoms with Crippen molar-refractivity contribution < 1.29 is 9.53 Å². The Balaban J connectivity index is 1.64. The lowest BCUT2D eigenvalue weighted by atomic mass is 10.2. The first-order valence-corrected chi connectivity index (χ1v) is 7.45. The zero-order valence-electron chi connectivity index (χ0n) is 11.1. The second-order valence-corrected chi connectivity index (χ2v) is 5.71. The van der Waals surface area contributed by atoms with Gasteiger partial charge in [-0.2, -0.15) is 0 Å². The van der Waals surface area contributed by atoms with Crippen LogP contribution in [0, 0.1) is 0 Å². The summed E-state index contributed by atoms with van der Waals surface area (Å²) < 4.78 is 5.74. The maximum atomic E-state index is 12.2. The number of para-hydroxylation sites is 2. The third kappa shape index (κ3) is 2.63. The van der Waals surface area contributed by atoms with Gasteiger partial charge >= 0.3 is 0 Å². The first-order chi connectivity index (χ1) is 9.74. The number of hydrogen-bond donors (Lipinski definition) is 2. The molecule has 0 fully saturated rings. The molecule has 2 N–H and O–H groups in total. The average molecular weight is 288 g/mol. The fraction of sp³-hybridized carbons (Fsp3) is 0.267. The molecule has 2 heterocycles. The number of thiophene rings is 1. The molecule has 4 nitrogen and oxygen atoms in total. The Labute approximate surface area is 121 Å². The van der Waals surface area contributed by atoms with Gasteiger partial charge in [0.1, 0.15) is 5.75 Å². The Morgan fingerprint density at radius 3 is 3.05 bits per heavy atom. The van der Waals surface area contributed by atoms with Crippen molar-refractivity contribution in [3.63, 3.8) is 0 Å². The highest BCUT2D eigenvalue weighted by molar-refractivity contribution is 7.10. The highest BCUT2D eigenvalue weighted by atomic mass is 32.1. The van der Waals surface area contributed by atoms with Crippen LogP contribution in [-0.4, -0.2) is 18.6 Å². The van der Waals surface area contributed by atoms with E-state index < -0.39 is 6.10 Å². The third-order valence-corrected chi connectivity index (χ3v) is 4.31. The van der Waals surface area contributed by atoms with Gasteiger partial charge in [-0.25, -0.2) is 0 Å². The average Bonchev–Trinajstić information content (AvgIpc) is 3.01. The van der Waals surface area contributed by atoms with Gasteiger partial charge in [-0.15, -0.1) is 11.3 Å². The summed E-state index contributed by atoms with van der Waals surface area (Å²) in [5.41, 5.74) is 0.933.